The smallest absolute Gasteiger partial charge is 0.394 e. The van der Waals surface area contributed by atoms with Gasteiger partial charge in [0.25, 0.3) is 0 Å². The molecule has 0 bridgehead atoms. The Labute approximate surface area is 76.9 Å². The van der Waals surface area contributed by atoms with Crippen molar-refractivity contribution < 1.29 is 32.1 Å². The molecule has 0 saturated heterocycles. The van der Waals surface area contributed by atoms with Gasteiger partial charge < -0.3 is 14.6 Å². The van der Waals surface area contributed by atoms with Crippen LogP contribution in [0.4, 0.5) is 0 Å². The van der Waals surface area contributed by atoms with Gasteiger partial charge in [-0.05, 0) is 0 Å². The van der Waals surface area contributed by atoms with Crippen molar-refractivity contribution in [2.75, 3.05) is 33.5 Å². The molecule has 0 atom stereocenters. The molecule has 0 aromatic rings. The Hall–Kier alpha value is -0.250. The lowest BCUT2D eigenvalue weighted by atomic mass is 10.7. The van der Waals surface area contributed by atoms with Crippen LogP contribution in [-0.4, -0.2) is 56.2 Å². The topological polar surface area (TPSA) is 113 Å². The molecule has 13 heavy (non-hydrogen) atoms. The third-order valence-corrected chi connectivity index (χ3v) is 0.667. The van der Waals surface area contributed by atoms with E-state index in [9.17, 15) is 0 Å². The first-order valence-corrected chi connectivity index (χ1v) is 4.69. The highest BCUT2D eigenvalue weighted by Crippen LogP contribution is 1.72. The van der Waals surface area contributed by atoms with Crippen molar-refractivity contribution in [1.82, 2.24) is 0 Å². The first kappa shape index (κ1) is 15.2. The minimum atomic E-state index is -4.67. The number of aliphatic hydroxyl groups is 1. The summed E-state index contributed by atoms with van der Waals surface area (Å²) in [6, 6.07) is 0. The molecule has 0 aliphatic heterocycles. The van der Waals surface area contributed by atoms with Crippen LogP contribution < -0.4 is 0 Å². The van der Waals surface area contributed by atoms with Gasteiger partial charge in [-0.25, -0.2) is 0 Å². The fourth-order valence-electron chi connectivity index (χ4n) is 0.309. The van der Waals surface area contributed by atoms with Gasteiger partial charge in [0.2, 0.25) is 0 Å². The van der Waals surface area contributed by atoms with E-state index in [2.05, 4.69) is 4.74 Å². The SMILES string of the molecule is COCCOCCO.O=S(=O)(O)O. The zero-order chi connectivity index (χ0) is 10.7. The Morgan fingerprint density at radius 1 is 1.15 bits per heavy atom. The molecule has 8 heteroatoms. The molecule has 0 fully saturated rings. The molecule has 0 aliphatic carbocycles. The highest BCUT2D eigenvalue weighted by Gasteiger charge is 1.84. The van der Waals surface area contributed by atoms with Crippen LogP contribution in [0, 0.1) is 0 Å². The van der Waals surface area contributed by atoms with Gasteiger partial charge in [-0.1, -0.05) is 0 Å². The number of ether oxygens (including phenoxy) is 2. The lowest BCUT2D eigenvalue weighted by molar-refractivity contribution is 0.0500. The van der Waals surface area contributed by atoms with Crippen LogP contribution in [0.15, 0.2) is 0 Å². The molecule has 0 saturated carbocycles. The van der Waals surface area contributed by atoms with E-state index in [1.54, 1.807) is 7.11 Å². The molecule has 0 spiro atoms. The van der Waals surface area contributed by atoms with Gasteiger partial charge in [0.15, 0.2) is 0 Å². The van der Waals surface area contributed by atoms with E-state index in [0.717, 1.165) is 0 Å². The molecule has 0 aromatic heterocycles. The van der Waals surface area contributed by atoms with Crippen molar-refractivity contribution in [2.45, 2.75) is 0 Å². The van der Waals surface area contributed by atoms with Gasteiger partial charge in [-0.15, -0.1) is 0 Å². The van der Waals surface area contributed by atoms with Gasteiger partial charge in [0.05, 0.1) is 26.4 Å². The lowest BCUT2D eigenvalue weighted by Gasteiger charge is -1.98. The average Bonchev–Trinajstić information content (AvgIpc) is 1.95. The van der Waals surface area contributed by atoms with Crippen molar-refractivity contribution >= 4 is 10.4 Å². The zero-order valence-electron chi connectivity index (χ0n) is 7.21. The van der Waals surface area contributed by atoms with Crippen molar-refractivity contribution in [1.29, 1.82) is 0 Å². The van der Waals surface area contributed by atoms with Crippen LogP contribution >= 0.6 is 0 Å². The fraction of sp³-hybridized carbons (Fsp3) is 1.00. The summed E-state index contributed by atoms with van der Waals surface area (Å²) in [7, 11) is -3.05. The van der Waals surface area contributed by atoms with Crippen molar-refractivity contribution in [3.8, 4) is 0 Å². The predicted octanol–water partition coefficient (Wildman–Crippen LogP) is -1.01. The summed E-state index contributed by atoms with van der Waals surface area (Å²) in [6.45, 7) is 1.66. The van der Waals surface area contributed by atoms with Crippen LogP contribution in [0.3, 0.4) is 0 Å². The second-order valence-corrected chi connectivity index (χ2v) is 2.67. The van der Waals surface area contributed by atoms with Gasteiger partial charge in [0.1, 0.15) is 0 Å². The summed E-state index contributed by atoms with van der Waals surface area (Å²) >= 11 is 0. The Kier molecular flexibility index (Phi) is 11.5. The monoisotopic (exact) mass is 218 g/mol. The van der Waals surface area contributed by atoms with E-state index in [-0.39, 0.29) is 6.61 Å². The van der Waals surface area contributed by atoms with Crippen LogP contribution in [0.2, 0.25) is 0 Å². The standard InChI is InChI=1S/C5H12O3.H2O4S/c1-7-4-5-8-3-2-6;1-5(2,3)4/h6H,2-5H2,1H3;(H2,1,2,3,4). The van der Waals surface area contributed by atoms with Crippen molar-refractivity contribution in [3.63, 3.8) is 0 Å². The molecule has 0 unspecified atom stereocenters. The minimum Gasteiger partial charge on any atom is -0.394 e. The normalized spacial score (nSPS) is 10.5. The molecule has 0 rings (SSSR count). The van der Waals surface area contributed by atoms with E-state index in [1.807, 2.05) is 0 Å². The molecule has 0 amide bonds. The average molecular weight is 218 g/mol. The molecular weight excluding hydrogens is 204 g/mol. The molecule has 0 aromatic carbocycles. The van der Waals surface area contributed by atoms with Crippen molar-refractivity contribution in [3.05, 3.63) is 0 Å². The van der Waals surface area contributed by atoms with E-state index in [1.165, 1.54) is 0 Å². The van der Waals surface area contributed by atoms with Crippen LogP contribution in [0.5, 0.6) is 0 Å². The number of hydrogen-bond donors (Lipinski definition) is 3. The Balaban J connectivity index is 0. The predicted molar refractivity (Wildman–Crippen MR) is 44.0 cm³/mol. The van der Waals surface area contributed by atoms with E-state index < -0.39 is 10.4 Å². The van der Waals surface area contributed by atoms with Crippen LogP contribution in [0.25, 0.3) is 0 Å². The third-order valence-electron chi connectivity index (χ3n) is 0.667. The quantitative estimate of drug-likeness (QED) is 0.400. The summed E-state index contributed by atoms with van der Waals surface area (Å²) < 4.78 is 41.1. The van der Waals surface area contributed by atoms with Gasteiger partial charge in [-0.3, -0.25) is 9.11 Å². The fourth-order valence-corrected chi connectivity index (χ4v) is 0.309. The Morgan fingerprint density at radius 2 is 1.62 bits per heavy atom. The summed E-state index contributed by atoms with van der Waals surface area (Å²) in [5.74, 6) is 0. The van der Waals surface area contributed by atoms with Crippen LogP contribution in [0.1, 0.15) is 0 Å². The first-order valence-electron chi connectivity index (χ1n) is 3.29. The third kappa shape index (κ3) is 49.5. The van der Waals surface area contributed by atoms with Gasteiger partial charge in [0, 0.05) is 7.11 Å². The Bertz CT molecular complexity index is 161. The lowest BCUT2D eigenvalue weighted by Crippen LogP contribution is -2.05. The molecular formula is C5H14O7S. The summed E-state index contributed by atoms with van der Waals surface area (Å²) in [4.78, 5) is 0. The minimum absolute atomic E-state index is 0.0870. The zero-order valence-corrected chi connectivity index (χ0v) is 8.03. The van der Waals surface area contributed by atoms with E-state index >= 15 is 0 Å². The van der Waals surface area contributed by atoms with Crippen LogP contribution in [-0.2, 0) is 19.9 Å². The second kappa shape index (κ2) is 9.84. The number of rotatable bonds is 5. The molecule has 7 nitrogen and oxygen atoms in total. The molecule has 0 aliphatic rings. The number of methoxy groups -OCH3 is 1. The number of aliphatic hydroxyl groups excluding tert-OH is 1. The first-order chi connectivity index (χ1) is 5.91. The maximum atomic E-state index is 8.74. The Morgan fingerprint density at radius 3 is 1.92 bits per heavy atom. The van der Waals surface area contributed by atoms with Crippen molar-refractivity contribution in [2.24, 2.45) is 0 Å². The summed E-state index contributed by atoms with van der Waals surface area (Å²) in [5.41, 5.74) is 0. The van der Waals surface area contributed by atoms with E-state index in [0.29, 0.717) is 19.8 Å². The molecule has 3 N–H and O–H groups in total. The maximum absolute atomic E-state index is 8.74. The highest BCUT2D eigenvalue weighted by atomic mass is 32.3. The molecule has 0 radical (unpaired) electrons. The van der Waals surface area contributed by atoms with E-state index in [4.69, 9.17) is 27.4 Å². The highest BCUT2D eigenvalue weighted by molar-refractivity contribution is 7.79. The van der Waals surface area contributed by atoms with Gasteiger partial charge >= 0.3 is 10.4 Å². The van der Waals surface area contributed by atoms with Gasteiger partial charge in [-0.2, -0.15) is 8.42 Å². The largest absolute Gasteiger partial charge is 0.394 e. The molecule has 82 valence electrons. The summed E-state index contributed by atoms with van der Waals surface area (Å²) in [6.07, 6.45) is 0. The number of hydrogen-bond acceptors (Lipinski definition) is 5. The molecule has 0 heterocycles. The second-order valence-electron chi connectivity index (χ2n) is 1.78. The maximum Gasteiger partial charge on any atom is 0.394 e. The summed E-state index contributed by atoms with van der Waals surface area (Å²) in [5, 5.41) is 8.20.